The SMILES string of the molecule is COCCn1c(N2CCOCC2)nc2c(C(C)Nc3ccccc3C(=O)O)cc(C)cc2c1=O. The fraction of sp³-hybridized carbons (Fsp3) is 0.400. The predicted octanol–water partition coefficient (Wildman–Crippen LogP) is 3.06. The number of nitrogens with zero attached hydrogens (tertiary/aromatic N) is 3. The number of carbonyl (C=O) groups is 1. The van der Waals surface area contributed by atoms with Gasteiger partial charge in [0.25, 0.3) is 5.56 Å². The van der Waals surface area contributed by atoms with Crippen molar-refractivity contribution in [3.63, 3.8) is 0 Å². The average Bonchev–Trinajstić information content (AvgIpc) is 2.84. The number of nitrogens with one attached hydrogen (secondary N) is 1. The highest BCUT2D eigenvalue weighted by Gasteiger charge is 2.23. The molecule has 1 unspecified atom stereocenters. The summed E-state index contributed by atoms with van der Waals surface area (Å²) in [6.07, 6.45) is 0. The minimum atomic E-state index is -1.00. The lowest BCUT2D eigenvalue weighted by Crippen LogP contribution is -2.41. The topological polar surface area (TPSA) is 106 Å². The molecule has 0 saturated carbocycles. The van der Waals surface area contributed by atoms with Crippen molar-refractivity contribution in [3.05, 3.63) is 63.4 Å². The zero-order valence-corrected chi connectivity index (χ0v) is 19.7. The molecule has 0 bridgehead atoms. The summed E-state index contributed by atoms with van der Waals surface area (Å²) in [5.41, 5.74) is 2.96. The van der Waals surface area contributed by atoms with Crippen LogP contribution in [-0.2, 0) is 16.0 Å². The molecule has 1 atom stereocenters. The van der Waals surface area contributed by atoms with Gasteiger partial charge in [0.1, 0.15) is 0 Å². The van der Waals surface area contributed by atoms with Gasteiger partial charge >= 0.3 is 5.97 Å². The molecular weight excluding hydrogens is 436 g/mol. The van der Waals surface area contributed by atoms with Gasteiger partial charge in [0.05, 0.1) is 48.9 Å². The predicted molar refractivity (Wildman–Crippen MR) is 131 cm³/mol. The number of aromatic nitrogens is 2. The summed E-state index contributed by atoms with van der Waals surface area (Å²) in [5, 5.41) is 13.4. The third-order valence-corrected chi connectivity index (χ3v) is 6.02. The van der Waals surface area contributed by atoms with Gasteiger partial charge in [-0.1, -0.05) is 18.2 Å². The Kier molecular flexibility index (Phi) is 7.14. The van der Waals surface area contributed by atoms with Crippen LogP contribution in [0.15, 0.2) is 41.2 Å². The Balaban J connectivity index is 1.85. The number of carboxylic acids is 1. The van der Waals surface area contributed by atoms with Crippen LogP contribution >= 0.6 is 0 Å². The number of hydrogen-bond donors (Lipinski definition) is 2. The van der Waals surface area contributed by atoms with Crippen LogP contribution in [0.2, 0.25) is 0 Å². The van der Waals surface area contributed by atoms with Gasteiger partial charge in [0.15, 0.2) is 0 Å². The van der Waals surface area contributed by atoms with Crippen LogP contribution in [0.5, 0.6) is 0 Å². The van der Waals surface area contributed by atoms with Crippen LogP contribution in [0.4, 0.5) is 11.6 Å². The molecule has 4 rings (SSSR count). The first-order valence-electron chi connectivity index (χ1n) is 11.4. The molecule has 0 amide bonds. The number of fused-ring (bicyclic) bond motifs is 1. The Morgan fingerprint density at radius 3 is 2.71 bits per heavy atom. The molecule has 2 N–H and O–H groups in total. The smallest absolute Gasteiger partial charge is 0.337 e. The maximum Gasteiger partial charge on any atom is 0.337 e. The third-order valence-electron chi connectivity index (χ3n) is 6.02. The molecule has 0 aliphatic carbocycles. The van der Waals surface area contributed by atoms with Crippen molar-refractivity contribution in [2.75, 3.05) is 50.2 Å². The number of morpholine rings is 1. The number of aryl methyl sites for hydroxylation is 1. The Morgan fingerprint density at radius 1 is 1.26 bits per heavy atom. The highest BCUT2D eigenvalue weighted by molar-refractivity contribution is 5.94. The van der Waals surface area contributed by atoms with Gasteiger partial charge in [0.2, 0.25) is 5.95 Å². The van der Waals surface area contributed by atoms with E-state index in [0.717, 1.165) is 11.1 Å². The number of carboxylic acid groups (broad SMARTS) is 1. The average molecular weight is 467 g/mol. The summed E-state index contributed by atoms with van der Waals surface area (Å²) < 4.78 is 12.4. The quantitative estimate of drug-likeness (QED) is 0.522. The molecule has 0 radical (unpaired) electrons. The first kappa shape index (κ1) is 23.7. The fourth-order valence-corrected chi connectivity index (χ4v) is 4.32. The van der Waals surface area contributed by atoms with Gasteiger partial charge in [-0.15, -0.1) is 0 Å². The molecular formula is C25H30N4O5. The molecule has 1 aliphatic heterocycles. The van der Waals surface area contributed by atoms with Crippen LogP contribution in [0.25, 0.3) is 10.9 Å². The van der Waals surface area contributed by atoms with E-state index in [1.807, 2.05) is 26.0 Å². The fourth-order valence-electron chi connectivity index (χ4n) is 4.32. The minimum Gasteiger partial charge on any atom is -0.478 e. The van der Waals surface area contributed by atoms with Crippen molar-refractivity contribution in [3.8, 4) is 0 Å². The van der Waals surface area contributed by atoms with Gasteiger partial charge in [-0.05, 0) is 37.6 Å². The molecule has 2 heterocycles. The Hall–Kier alpha value is -3.43. The van der Waals surface area contributed by atoms with Gasteiger partial charge in [-0.3, -0.25) is 9.36 Å². The second-order valence-electron chi connectivity index (χ2n) is 8.43. The Bertz CT molecular complexity index is 1250. The zero-order chi connectivity index (χ0) is 24.2. The number of aromatic carboxylic acids is 1. The van der Waals surface area contributed by atoms with E-state index in [1.165, 1.54) is 0 Å². The molecule has 1 saturated heterocycles. The molecule has 1 aromatic heterocycles. The Labute approximate surface area is 197 Å². The van der Waals surface area contributed by atoms with E-state index < -0.39 is 5.97 Å². The highest BCUT2D eigenvalue weighted by Crippen LogP contribution is 2.29. The maximum atomic E-state index is 13.6. The lowest BCUT2D eigenvalue weighted by molar-refractivity contribution is 0.0698. The summed E-state index contributed by atoms with van der Waals surface area (Å²) in [6, 6.07) is 10.4. The number of methoxy groups -OCH3 is 1. The molecule has 3 aromatic rings. The van der Waals surface area contributed by atoms with Gasteiger partial charge in [0, 0.05) is 31.5 Å². The summed E-state index contributed by atoms with van der Waals surface area (Å²) in [7, 11) is 1.61. The van der Waals surface area contributed by atoms with Crippen molar-refractivity contribution in [1.29, 1.82) is 0 Å². The number of benzene rings is 2. The molecule has 1 aliphatic rings. The van der Waals surface area contributed by atoms with E-state index in [-0.39, 0.29) is 17.2 Å². The van der Waals surface area contributed by atoms with E-state index in [1.54, 1.807) is 35.9 Å². The van der Waals surface area contributed by atoms with Crippen LogP contribution in [0.1, 0.15) is 34.5 Å². The summed E-state index contributed by atoms with van der Waals surface area (Å²) in [5.74, 6) is -0.403. The molecule has 1 fully saturated rings. The van der Waals surface area contributed by atoms with Gasteiger partial charge < -0.3 is 24.8 Å². The minimum absolute atomic E-state index is 0.119. The van der Waals surface area contributed by atoms with Crippen molar-refractivity contribution in [2.45, 2.75) is 26.4 Å². The van der Waals surface area contributed by atoms with Crippen molar-refractivity contribution < 1.29 is 19.4 Å². The number of anilines is 2. The lowest BCUT2D eigenvalue weighted by atomic mass is 10.0. The lowest BCUT2D eigenvalue weighted by Gasteiger charge is -2.30. The number of hydrogen-bond acceptors (Lipinski definition) is 7. The van der Waals surface area contributed by atoms with Crippen molar-refractivity contribution >= 4 is 28.5 Å². The number of ether oxygens (including phenoxy) is 2. The molecule has 9 nitrogen and oxygen atoms in total. The van der Waals surface area contributed by atoms with Gasteiger partial charge in [-0.25, -0.2) is 9.78 Å². The Morgan fingerprint density at radius 2 is 2.00 bits per heavy atom. The second-order valence-corrected chi connectivity index (χ2v) is 8.43. The number of rotatable bonds is 8. The molecule has 0 spiro atoms. The maximum absolute atomic E-state index is 13.6. The summed E-state index contributed by atoms with van der Waals surface area (Å²) >= 11 is 0. The monoisotopic (exact) mass is 466 g/mol. The van der Waals surface area contributed by atoms with E-state index in [4.69, 9.17) is 14.5 Å². The van der Waals surface area contributed by atoms with Gasteiger partial charge in [-0.2, -0.15) is 0 Å². The first-order chi connectivity index (χ1) is 16.4. The largest absolute Gasteiger partial charge is 0.478 e. The van der Waals surface area contributed by atoms with Crippen LogP contribution in [-0.4, -0.2) is 60.6 Å². The first-order valence-corrected chi connectivity index (χ1v) is 11.4. The van der Waals surface area contributed by atoms with Crippen molar-refractivity contribution in [1.82, 2.24) is 9.55 Å². The summed E-state index contributed by atoms with van der Waals surface area (Å²) in [4.78, 5) is 32.4. The second kappa shape index (κ2) is 10.2. The van der Waals surface area contributed by atoms with Crippen molar-refractivity contribution in [2.24, 2.45) is 0 Å². The molecule has 2 aromatic carbocycles. The zero-order valence-electron chi connectivity index (χ0n) is 19.7. The van der Waals surface area contributed by atoms with E-state index >= 15 is 0 Å². The third kappa shape index (κ3) is 4.76. The van der Waals surface area contributed by atoms with Crippen LogP contribution in [0.3, 0.4) is 0 Å². The van der Waals surface area contributed by atoms with Crippen LogP contribution in [0, 0.1) is 6.92 Å². The van der Waals surface area contributed by atoms with E-state index in [2.05, 4.69) is 10.2 Å². The van der Waals surface area contributed by atoms with E-state index in [9.17, 15) is 14.7 Å². The van der Waals surface area contributed by atoms with E-state index in [0.29, 0.717) is 62.0 Å². The normalized spacial score (nSPS) is 14.9. The summed E-state index contributed by atoms with van der Waals surface area (Å²) in [6.45, 7) is 7.11. The molecule has 34 heavy (non-hydrogen) atoms. The molecule has 180 valence electrons. The standard InChI is InChI=1S/C25H30N4O5/c1-16-14-19(17(2)26-21-7-5-4-6-18(21)24(31)32)22-20(15-16)23(30)29(10-11-33-3)25(27-22)28-8-12-34-13-9-28/h4-7,14-15,17,26H,8-13H2,1-3H3,(H,31,32). The molecule has 9 heteroatoms. The van der Waals surface area contributed by atoms with Crippen LogP contribution < -0.4 is 15.8 Å². The number of para-hydroxylation sites is 1. The highest BCUT2D eigenvalue weighted by atomic mass is 16.5.